The van der Waals surface area contributed by atoms with Gasteiger partial charge >= 0.3 is 0 Å². The van der Waals surface area contributed by atoms with Gasteiger partial charge in [0.1, 0.15) is 0 Å². The molecule has 0 aromatic rings. The summed E-state index contributed by atoms with van der Waals surface area (Å²) in [5.41, 5.74) is 12.3. The summed E-state index contributed by atoms with van der Waals surface area (Å²) in [5.74, 6) is 0. The minimum atomic E-state index is -0.186. The zero-order valence-electron chi connectivity index (χ0n) is 18.3. The molecule has 0 bridgehead atoms. The molecule has 0 spiro atoms. The zero-order chi connectivity index (χ0) is 19.8. The first kappa shape index (κ1) is 24.8. The second-order valence-electron chi connectivity index (χ2n) is 9.24. The summed E-state index contributed by atoms with van der Waals surface area (Å²) < 4.78 is 12.1. The van der Waals surface area contributed by atoms with E-state index in [1.54, 1.807) is 0 Å². The van der Waals surface area contributed by atoms with Gasteiger partial charge in [0.2, 0.25) is 0 Å². The lowest BCUT2D eigenvalue weighted by Crippen LogP contribution is -2.45. The Morgan fingerprint density at radius 3 is 1.64 bits per heavy atom. The highest BCUT2D eigenvalue weighted by Crippen LogP contribution is 2.32. The predicted molar refractivity (Wildman–Crippen MR) is 109 cm³/mol. The molecule has 4 N–H and O–H groups in total. The molecule has 0 fully saturated rings. The molecule has 4 nitrogen and oxygen atoms in total. The monoisotopic (exact) mass is 358 g/mol. The van der Waals surface area contributed by atoms with Gasteiger partial charge in [-0.05, 0) is 64.7 Å². The number of nitrogens with two attached hydrogens (primary N) is 2. The molecule has 0 rings (SSSR count). The van der Waals surface area contributed by atoms with Gasteiger partial charge in [-0.3, -0.25) is 0 Å². The topological polar surface area (TPSA) is 70.5 Å². The first-order valence-corrected chi connectivity index (χ1v) is 10.2. The van der Waals surface area contributed by atoms with Crippen LogP contribution in [-0.2, 0) is 9.47 Å². The van der Waals surface area contributed by atoms with Crippen LogP contribution in [0, 0.1) is 5.41 Å². The van der Waals surface area contributed by atoms with Crippen LogP contribution in [0.3, 0.4) is 0 Å². The Labute approximate surface area is 157 Å². The number of hydrogen-bond donors (Lipinski definition) is 2. The third-order valence-electron chi connectivity index (χ3n) is 5.95. The maximum atomic E-state index is 6.36. The molecule has 4 unspecified atom stereocenters. The Bertz CT molecular complexity index is 337. The first-order valence-electron chi connectivity index (χ1n) is 10.2. The molecule has 4 atom stereocenters. The predicted octanol–water partition coefficient (Wildman–Crippen LogP) is 4.64. The van der Waals surface area contributed by atoms with E-state index in [1.807, 2.05) is 0 Å². The Morgan fingerprint density at radius 1 is 0.680 bits per heavy atom. The molecule has 0 amide bonds. The Morgan fingerprint density at radius 2 is 1.20 bits per heavy atom. The Balaban J connectivity index is 4.37. The van der Waals surface area contributed by atoms with E-state index in [1.165, 1.54) is 0 Å². The summed E-state index contributed by atoms with van der Waals surface area (Å²) in [6, 6.07) is 0. The van der Waals surface area contributed by atoms with Crippen molar-refractivity contribution in [1.82, 2.24) is 0 Å². The maximum Gasteiger partial charge on any atom is 0.0707 e. The largest absolute Gasteiger partial charge is 0.378 e. The molecule has 0 aliphatic heterocycles. The van der Waals surface area contributed by atoms with Crippen molar-refractivity contribution in [3.63, 3.8) is 0 Å². The highest BCUT2D eigenvalue weighted by molar-refractivity contribution is 4.88. The van der Waals surface area contributed by atoms with E-state index in [0.717, 1.165) is 45.1 Å². The van der Waals surface area contributed by atoms with Crippen molar-refractivity contribution >= 4 is 0 Å². The summed E-state index contributed by atoms with van der Waals surface area (Å²) in [6.07, 6.45) is 5.79. The molecule has 152 valence electrons. The van der Waals surface area contributed by atoms with Crippen molar-refractivity contribution in [3.8, 4) is 0 Å². The van der Waals surface area contributed by atoms with Crippen molar-refractivity contribution < 1.29 is 9.47 Å². The maximum absolute atomic E-state index is 6.36. The van der Waals surface area contributed by atoms with Gasteiger partial charge in [-0.2, -0.15) is 0 Å². The van der Waals surface area contributed by atoms with Crippen molar-refractivity contribution in [1.29, 1.82) is 0 Å². The fraction of sp³-hybridized carbons (Fsp3) is 1.00. The van der Waals surface area contributed by atoms with Crippen LogP contribution in [0.4, 0.5) is 0 Å². The molecule has 0 radical (unpaired) electrons. The highest BCUT2D eigenvalue weighted by Gasteiger charge is 2.32. The average Bonchev–Trinajstić information content (AvgIpc) is 2.53. The molecule has 0 aliphatic carbocycles. The van der Waals surface area contributed by atoms with Gasteiger partial charge in [-0.1, -0.05) is 34.6 Å². The lowest BCUT2D eigenvalue weighted by atomic mass is 9.76. The molecular formula is C21H46N2O2. The lowest BCUT2D eigenvalue weighted by molar-refractivity contribution is -0.0814. The summed E-state index contributed by atoms with van der Waals surface area (Å²) >= 11 is 0. The Kier molecular flexibility index (Phi) is 10.2. The third-order valence-corrected chi connectivity index (χ3v) is 5.95. The Hall–Kier alpha value is -0.160. The summed E-state index contributed by atoms with van der Waals surface area (Å²) in [4.78, 5) is 0. The fourth-order valence-corrected chi connectivity index (χ4v) is 3.30. The van der Waals surface area contributed by atoms with Gasteiger partial charge in [0.05, 0.1) is 25.4 Å². The molecule has 0 aromatic carbocycles. The van der Waals surface area contributed by atoms with E-state index in [4.69, 9.17) is 20.9 Å². The van der Waals surface area contributed by atoms with Gasteiger partial charge in [0.15, 0.2) is 0 Å². The van der Waals surface area contributed by atoms with Crippen LogP contribution < -0.4 is 11.5 Å². The summed E-state index contributed by atoms with van der Waals surface area (Å²) in [5, 5.41) is 0. The van der Waals surface area contributed by atoms with E-state index in [0.29, 0.717) is 13.2 Å². The molecule has 0 heterocycles. The van der Waals surface area contributed by atoms with E-state index in [-0.39, 0.29) is 22.1 Å². The van der Waals surface area contributed by atoms with Gasteiger partial charge < -0.3 is 20.9 Å². The second kappa shape index (κ2) is 10.2. The van der Waals surface area contributed by atoms with Gasteiger partial charge in [-0.15, -0.1) is 0 Å². The van der Waals surface area contributed by atoms with Gasteiger partial charge in [0, 0.05) is 11.1 Å². The summed E-state index contributed by atoms with van der Waals surface area (Å²) in [6.45, 7) is 19.3. The quantitative estimate of drug-likeness (QED) is 0.444. The number of rotatable bonds is 14. The lowest BCUT2D eigenvalue weighted by Gasteiger charge is -2.37. The molecule has 0 aromatic heterocycles. The molecule has 4 heteroatoms. The van der Waals surface area contributed by atoms with Crippen LogP contribution in [0.25, 0.3) is 0 Å². The minimum absolute atomic E-state index is 0.117. The van der Waals surface area contributed by atoms with E-state index >= 15 is 0 Å². The molecule has 0 aliphatic rings. The van der Waals surface area contributed by atoms with Crippen LogP contribution >= 0.6 is 0 Å². The molecule has 0 saturated heterocycles. The van der Waals surface area contributed by atoms with Crippen molar-refractivity contribution in [2.45, 2.75) is 111 Å². The van der Waals surface area contributed by atoms with Crippen LogP contribution in [0.15, 0.2) is 0 Å². The second-order valence-corrected chi connectivity index (χ2v) is 9.24. The SMILES string of the molecule is CCC(C)(N)CC(C)(CC)COCCOC(C)(CC)CC(C)(N)CC. The summed E-state index contributed by atoms with van der Waals surface area (Å²) in [7, 11) is 0. The van der Waals surface area contributed by atoms with Crippen LogP contribution in [0.5, 0.6) is 0 Å². The number of ether oxygens (including phenoxy) is 2. The van der Waals surface area contributed by atoms with Crippen molar-refractivity contribution in [3.05, 3.63) is 0 Å². The average molecular weight is 359 g/mol. The first-order chi connectivity index (χ1) is 11.4. The van der Waals surface area contributed by atoms with E-state index in [2.05, 4.69) is 55.4 Å². The molecule has 0 saturated carbocycles. The highest BCUT2D eigenvalue weighted by atomic mass is 16.5. The zero-order valence-corrected chi connectivity index (χ0v) is 18.3. The number of hydrogen-bond acceptors (Lipinski definition) is 4. The smallest absolute Gasteiger partial charge is 0.0707 e. The van der Waals surface area contributed by atoms with Crippen molar-refractivity contribution in [2.24, 2.45) is 16.9 Å². The third kappa shape index (κ3) is 9.93. The minimum Gasteiger partial charge on any atom is -0.378 e. The molecular weight excluding hydrogens is 312 g/mol. The van der Waals surface area contributed by atoms with E-state index < -0.39 is 0 Å². The van der Waals surface area contributed by atoms with Gasteiger partial charge in [-0.25, -0.2) is 0 Å². The molecule has 25 heavy (non-hydrogen) atoms. The normalized spacial score (nSPS) is 21.8. The standard InChI is InChI=1S/C21H46N2O2/c1-9-18(5,15-19(6,22)10-2)17-24-13-14-25-21(8,12-4)16-20(7,23)11-3/h9-17,22-23H2,1-8H3. The van der Waals surface area contributed by atoms with E-state index in [9.17, 15) is 0 Å². The van der Waals surface area contributed by atoms with Crippen molar-refractivity contribution in [2.75, 3.05) is 19.8 Å². The van der Waals surface area contributed by atoms with Gasteiger partial charge in [0.25, 0.3) is 0 Å². The van der Waals surface area contributed by atoms with Crippen LogP contribution in [0.1, 0.15) is 93.9 Å². The van der Waals surface area contributed by atoms with Crippen LogP contribution in [-0.4, -0.2) is 36.5 Å². The fourth-order valence-electron chi connectivity index (χ4n) is 3.30. The van der Waals surface area contributed by atoms with Crippen LogP contribution in [0.2, 0.25) is 0 Å².